The molecule has 0 radical (unpaired) electrons. The number of benzene rings is 1. The van der Waals surface area contributed by atoms with Crippen LogP contribution >= 0.6 is 0 Å². The topological polar surface area (TPSA) is 49.4 Å². The highest BCUT2D eigenvalue weighted by Gasteiger charge is 2.49. The maximum atomic E-state index is 12.5. The lowest BCUT2D eigenvalue weighted by molar-refractivity contribution is -0.134. The van der Waals surface area contributed by atoms with Gasteiger partial charge >= 0.3 is 0 Å². The highest BCUT2D eigenvalue weighted by atomic mass is 16.2. The van der Waals surface area contributed by atoms with E-state index in [2.05, 4.69) is 19.2 Å². The molecule has 0 spiro atoms. The molecule has 2 atom stereocenters. The van der Waals surface area contributed by atoms with E-state index in [0.717, 1.165) is 37.2 Å². The molecule has 0 bridgehead atoms. The minimum Gasteiger partial charge on any atom is -0.342 e. The van der Waals surface area contributed by atoms with E-state index in [-0.39, 0.29) is 23.7 Å². The van der Waals surface area contributed by atoms with Gasteiger partial charge in [0.15, 0.2) is 0 Å². The zero-order chi connectivity index (χ0) is 16.1. The van der Waals surface area contributed by atoms with Crippen molar-refractivity contribution in [3.05, 3.63) is 29.8 Å². The molecule has 4 nitrogen and oxygen atoms in total. The van der Waals surface area contributed by atoms with Gasteiger partial charge in [0.2, 0.25) is 11.8 Å². The van der Waals surface area contributed by atoms with Crippen molar-refractivity contribution in [2.24, 2.45) is 11.8 Å². The number of nitrogens with one attached hydrogen (secondary N) is 1. The Balaban J connectivity index is 1.92. The molecule has 22 heavy (non-hydrogen) atoms. The summed E-state index contributed by atoms with van der Waals surface area (Å²) >= 11 is 0. The standard InChI is InChI=1S/C18H26N2O2/c1-4-10-20(11-5-2)18(22)15-12-14(15)17(21)19-16-9-7-6-8-13(16)3/h6-9,14-15H,4-5,10-12H2,1-3H3,(H,19,21). The van der Waals surface area contributed by atoms with Gasteiger partial charge in [-0.1, -0.05) is 32.0 Å². The zero-order valence-corrected chi connectivity index (χ0v) is 13.8. The third kappa shape index (κ3) is 3.87. The van der Waals surface area contributed by atoms with E-state index in [1.165, 1.54) is 0 Å². The van der Waals surface area contributed by atoms with Crippen LogP contribution < -0.4 is 5.32 Å². The number of rotatable bonds is 7. The van der Waals surface area contributed by atoms with Gasteiger partial charge in [0.1, 0.15) is 0 Å². The Kier molecular flexibility index (Phi) is 5.58. The first-order valence-corrected chi connectivity index (χ1v) is 8.23. The Morgan fingerprint density at radius 2 is 1.77 bits per heavy atom. The molecule has 2 rings (SSSR count). The molecule has 1 N–H and O–H groups in total. The fraction of sp³-hybridized carbons (Fsp3) is 0.556. The number of hydrogen-bond acceptors (Lipinski definition) is 2. The number of amides is 2. The molecular formula is C18H26N2O2. The normalized spacial score (nSPS) is 19.6. The molecule has 0 aromatic heterocycles. The lowest BCUT2D eigenvalue weighted by Crippen LogP contribution is -2.34. The van der Waals surface area contributed by atoms with Crippen LogP contribution in [0.1, 0.15) is 38.7 Å². The lowest BCUT2D eigenvalue weighted by atomic mass is 10.2. The van der Waals surface area contributed by atoms with E-state index in [4.69, 9.17) is 0 Å². The van der Waals surface area contributed by atoms with E-state index in [1.54, 1.807) is 0 Å². The number of aryl methyl sites for hydroxylation is 1. The first kappa shape index (κ1) is 16.5. The second-order valence-electron chi connectivity index (χ2n) is 6.08. The number of anilines is 1. The lowest BCUT2D eigenvalue weighted by Gasteiger charge is -2.21. The second kappa shape index (κ2) is 7.43. The predicted molar refractivity (Wildman–Crippen MR) is 88.6 cm³/mol. The second-order valence-corrected chi connectivity index (χ2v) is 6.08. The van der Waals surface area contributed by atoms with E-state index >= 15 is 0 Å². The molecule has 0 aliphatic heterocycles. The SMILES string of the molecule is CCCN(CCC)C(=O)C1CC1C(=O)Nc1ccccc1C. The summed E-state index contributed by atoms with van der Waals surface area (Å²) < 4.78 is 0. The first-order valence-electron chi connectivity index (χ1n) is 8.23. The van der Waals surface area contributed by atoms with Gasteiger partial charge in [-0.25, -0.2) is 0 Å². The smallest absolute Gasteiger partial charge is 0.228 e. The van der Waals surface area contributed by atoms with E-state index in [9.17, 15) is 9.59 Å². The van der Waals surface area contributed by atoms with Gasteiger partial charge in [0, 0.05) is 18.8 Å². The molecule has 120 valence electrons. The average Bonchev–Trinajstić information content (AvgIpc) is 3.29. The largest absolute Gasteiger partial charge is 0.342 e. The van der Waals surface area contributed by atoms with Gasteiger partial charge in [-0.2, -0.15) is 0 Å². The zero-order valence-electron chi connectivity index (χ0n) is 13.8. The Morgan fingerprint density at radius 1 is 1.14 bits per heavy atom. The van der Waals surface area contributed by atoms with Crippen LogP contribution in [0.15, 0.2) is 24.3 Å². The van der Waals surface area contributed by atoms with Crippen LogP contribution in [0.3, 0.4) is 0 Å². The number of nitrogens with zero attached hydrogens (tertiary/aromatic N) is 1. The monoisotopic (exact) mass is 302 g/mol. The first-order chi connectivity index (χ1) is 10.6. The van der Waals surface area contributed by atoms with Gasteiger partial charge in [-0.05, 0) is 37.8 Å². The third-order valence-corrected chi connectivity index (χ3v) is 4.15. The minimum atomic E-state index is -0.164. The van der Waals surface area contributed by atoms with Crippen LogP contribution in [-0.2, 0) is 9.59 Å². The molecule has 1 fully saturated rings. The number of hydrogen-bond donors (Lipinski definition) is 1. The van der Waals surface area contributed by atoms with Gasteiger partial charge in [-0.3, -0.25) is 9.59 Å². The summed E-state index contributed by atoms with van der Waals surface area (Å²) in [6.07, 6.45) is 2.59. The van der Waals surface area contributed by atoms with Gasteiger partial charge in [-0.15, -0.1) is 0 Å². The Morgan fingerprint density at radius 3 is 2.36 bits per heavy atom. The summed E-state index contributed by atoms with van der Waals surface area (Å²) in [5, 5.41) is 2.95. The Hall–Kier alpha value is -1.84. The van der Waals surface area contributed by atoms with Crippen molar-refractivity contribution in [3.8, 4) is 0 Å². The predicted octanol–water partition coefficient (Wildman–Crippen LogP) is 3.22. The Labute approximate surface area is 132 Å². The van der Waals surface area contributed by atoms with Crippen LogP contribution in [0.2, 0.25) is 0 Å². The summed E-state index contributed by atoms with van der Waals surface area (Å²) in [6, 6.07) is 7.71. The van der Waals surface area contributed by atoms with Crippen LogP contribution in [-0.4, -0.2) is 29.8 Å². The van der Waals surface area contributed by atoms with Gasteiger partial charge in [0.05, 0.1) is 11.8 Å². The van der Waals surface area contributed by atoms with Crippen molar-refractivity contribution >= 4 is 17.5 Å². The maximum absolute atomic E-state index is 12.5. The number of carbonyl (C=O) groups excluding carboxylic acids is 2. The van der Waals surface area contributed by atoms with Gasteiger partial charge in [0.25, 0.3) is 0 Å². The van der Waals surface area contributed by atoms with Crippen molar-refractivity contribution < 1.29 is 9.59 Å². The van der Waals surface area contributed by atoms with Crippen LogP contribution in [0.25, 0.3) is 0 Å². The molecule has 1 aliphatic carbocycles. The average molecular weight is 302 g/mol. The summed E-state index contributed by atoms with van der Waals surface area (Å²) in [7, 11) is 0. The fourth-order valence-corrected chi connectivity index (χ4v) is 2.80. The van der Waals surface area contributed by atoms with Crippen molar-refractivity contribution in [1.82, 2.24) is 4.90 Å². The molecular weight excluding hydrogens is 276 g/mol. The van der Waals surface area contributed by atoms with Gasteiger partial charge < -0.3 is 10.2 Å². The minimum absolute atomic E-state index is 0.0272. The molecule has 2 amide bonds. The Bertz CT molecular complexity index is 536. The third-order valence-electron chi connectivity index (χ3n) is 4.15. The molecule has 0 saturated heterocycles. The molecule has 1 aromatic carbocycles. The molecule has 0 heterocycles. The van der Waals surface area contributed by atoms with E-state index < -0.39 is 0 Å². The quantitative estimate of drug-likeness (QED) is 0.840. The summed E-state index contributed by atoms with van der Waals surface area (Å²) in [5.74, 6) is -0.167. The van der Waals surface area contributed by atoms with Crippen LogP contribution in [0.5, 0.6) is 0 Å². The molecule has 1 saturated carbocycles. The summed E-state index contributed by atoms with van der Waals surface area (Å²) in [6.45, 7) is 7.69. The molecule has 2 unspecified atom stereocenters. The number of carbonyl (C=O) groups is 2. The van der Waals surface area contributed by atoms with Crippen molar-refractivity contribution in [2.75, 3.05) is 18.4 Å². The number of para-hydroxylation sites is 1. The highest BCUT2D eigenvalue weighted by Crippen LogP contribution is 2.41. The highest BCUT2D eigenvalue weighted by molar-refractivity contribution is 5.99. The summed E-state index contributed by atoms with van der Waals surface area (Å²) in [5.41, 5.74) is 1.88. The van der Waals surface area contributed by atoms with E-state index in [1.807, 2.05) is 36.1 Å². The molecule has 1 aromatic rings. The molecule has 1 aliphatic rings. The maximum Gasteiger partial charge on any atom is 0.228 e. The fourth-order valence-electron chi connectivity index (χ4n) is 2.80. The van der Waals surface area contributed by atoms with Crippen molar-refractivity contribution in [2.45, 2.75) is 40.0 Å². The van der Waals surface area contributed by atoms with E-state index in [0.29, 0.717) is 6.42 Å². The van der Waals surface area contributed by atoms with Crippen LogP contribution in [0, 0.1) is 18.8 Å². The molecule has 4 heteroatoms. The van der Waals surface area contributed by atoms with Crippen molar-refractivity contribution in [1.29, 1.82) is 0 Å². The van der Waals surface area contributed by atoms with Crippen molar-refractivity contribution in [3.63, 3.8) is 0 Å². The van der Waals surface area contributed by atoms with Crippen LogP contribution in [0.4, 0.5) is 5.69 Å². The summed E-state index contributed by atoms with van der Waals surface area (Å²) in [4.78, 5) is 26.7.